The van der Waals surface area contributed by atoms with Crippen molar-refractivity contribution in [1.82, 2.24) is 0 Å². The Hall–Kier alpha value is -3.35. The molecule has 1 unspecified atom stereocenters. The van der Waals surface area contributed by atoms with Crippen molar-refractivity contribution >= 4 is 17.5 Å². The van der Waals surface area contributed by atoms with Gasteiger partial charge in [-0.1, -0.05) is 19.4 Å². The molecule has 7 nitrogen and oxygen atoms in total. The zero-order chi connectivity index (χ0) is 21.3. The molecular formula is C22H22O7. The number of carboxylic acid groups (broad SMARTS) is 1. The Morgan fingerprint density at radius 2 is 1.97 bits per heavy atom. The van der Waals surface area contributed by atoms with E-state index >= 15 is 0 Å². The molecule has 1 heterocycles. The molecule has 0 saturated heterocycles. The van der Waals surface area contributed by atoms with Gasteiger partial charge in [0.05, 0.1) is 30.8 Å². The summed E-state index contributed by atoms with van der Waals surface area (Å²) in [6.45, 7) is 5.56. The SMILES string of the molecule is COC1=C(C(=O)CC(C)C)C=C2OC=C3C(C(=O)O)=CC(C)=CC3OC=C2C1=O. The molecule has 29 heavy (non-hydrogen) atoms. The first kappa shape index (κ1) is 20.4. The van der Waals surface area contributed by atoms with E-state index in [1.54, 1.807) is 13.0 Å². The van der Waals surface area contributed by atoms with Crippen LogP contribution in [0, 0.1) is 5.92 Å². The molecule has 0 radical (unpaired) electrons. The topological polar surface area (TPSA) is 99.1 Å². The fraction of sp³-hybridized carbons (Fsp3) is 0.318. The molecule has 0 aromatic heterocycles. The number of ether oxygens (including phenoxy) is 3. The normalized spacial score (nSPS) is 21.1. The number of Topliss-reactive ketones (excluding diaryl/α,β-unsaturated/α-hetero) is 2. The molecule has 0 saturated carbocycles. The van der Waals surface area contributed by atoms with Crippen LogP contribution in [0.3, 0.4) is 0 Å². The van der Waals surface area contributed by atoms with Crippen LogP contribution >= 0.6 is 0 Å². The maximum Gasteiger partial charge on any atom is 0.336 e. The van der Waals surface area contributed by atoms with Gasteiger partial charge in [-0.2, -0.15) is 0 Å². The van der Waals surface area contributed by atoms with Gasteiger partial charge in [-0.05, 0) is 31.1 Å². The number of carbonyl (C=O) groups is 3. The Bertz CT molecular complexity index is 967. The van der Waals surface area contributed by atoms with Crippen LogP contribution in [0.5, 0.6) is 0 Å². The Kier molecular flexibility index (Phi) is 5.59. The van der Waals surface area contributed by atoms with Crippen LogP contribution in [0.4, 0.5) is 0 Å². The summed E-state index contributed by atoms with van der Waals surface area (Å²) >= 11 is 0. The Balaban J connectivity index is 2.05. The number of fused-ring (bicyclic) bond motifs is 2. The Morgan fingerprint density at radius 3 is 2.59 bits per heavy atom. The number of carboxylic acids is 1. The van der Waals surface area contributed by atoms with Crippen LogP contribution in [-0.4, -0.2) is 35.9 Å². The number of methoxy groups -OCH3 is 1. The monoisotopic (exact) mass is 398 g/mol. The maximum atomic E-state index is 12.9. The zero-order valence-electron chi connectivity index (χ0n) is 16.6. The van der Waals surface area contributed by atoms with Crippen molar-refractivity contribution in [3.63, 3.8) is 0 Å². The first-order valence-electron chi connectivity index (χ1n) is 9.17. The molecule has 1 N–H and O–H groups in total. The second kappa shape index (κ2) is 7.95. The van der Waals surface area contributed by atoms with Crippen LogP contribution in [0.25, 0.3) is 0 Å². The van der Waals surface area contributed by atoms with Crippen LogP contribution < -0.4 is 0 Å². The van der Waals surface area contributed by atoms with E-state index in [-0.39, 0.29) is 46.4 Å². The van der Waals surface area contributed by atoms with Gasteiger partial charge in [-0.3, -0.25) is 9.59 Å². The number of aliphatic carboxylic acids is 1. The van der Waals surface area contributed by atoms with Crippen molar-refractivity contribution in [2.45, 2.75) is 33.3 Å². The van der Waals surface area contributed by atoms with Gasteiger partial charge in [0.2, 0.25) is 5.78 Å². The molecule has 0 aromatic rings. The van der Waals surface area contributed by atoms with E-state index in [9.17, 15) is 19.5 Å². The lowest BCUT2D eigenvalue weighted by Crippen LogP contribution is -2.25. The molecule has 0 spiro atoms. The van der Waals surface area contributed by atoms with Crippen LogP contribution in [-0.2, 0) is 28.6 Å². The summed E-state index contributed by atoms with van der Waals surface area (Å²) in [5.74, 6) is -1.75. The second-order valence-corrected chi connectivity index (χ2v) is 7.36. The minimum atomic E-state index is -1.12. The van der Waals surface area contributed by atoms with E-state index in [4.69, 9.17) is 14.2 Å². The molecule has 3 aliphatic rings. The van der Waals surface area contributed by atoms with Gasteiger partial charge < -0.3 is 19.3 Å². The third-order valence-electron chi connectivity index (χ3n) is 4.61. The number of carbonyl (C=O) groups excluding carboxylic acids is 2. The van der Waals surface area contributed by atoms with Crippen molar-refractivity contribution in [1.29, 1.82) is 0 Å². The van der Waals surface area contributed by atoms with Gasteiger partial charge in [0.1, 0.15) is 17.4 Å². The molecule has 1 atom stereocenters. The number of hydrogen-bond acceptors (Lipinski definition) is 6. The summed E-state index contributed by atoms with van der Waals surface area (Å²) in [4.78, 5) is 37.1. The highest BCUT2D eigenvalue weighted by Crippen LogP contribution is 2.34. The molecule has 3 rings (SSSR count). The number of allylic oxidation sites excluding steroid dienone is 6. The molecule has 0 amide bonds. The van der Waals surface area contributed by atoms with Crippen LogP contribution in [0.15, 0.2) is 70.1 Å². The number of ketones is 2. The summed E-state index contributed by atoms with van der Waals surface area (Å²) in [6.07, 6.45) is 6.69. The van der Waals surface area contributed by atoms with Crippen LogP contribution in [0.1, 0.15) is 27.2 Å². The number of hydrogen-bond donors (Lipinski definition) is 1. The van der Waals surface area contributed by atoms with E-state index in [1.165, 1.54) is 31.8 Å². The van der Waals surface area contributed by atoms with Crippen molar-refractivity contribution < 1.29 is 33.7 Å². The highest BCUT2D eigenvalue weighted by atomic mass is 16.5. The van der Waals surface area contributed by atoms with E-state index < -0.39 is 17.9 Å². The van der Waals surface area contributed by atoms with E-state index in [1.807, 2.05) is 13.8 Å². The summed E-state index contributed by atoms with van der Waals surface area (Å²) < 4.78 is 16.6. The average Bonchev–Trinajstić information content (AvgIpc) is 2.62. The summed E-state index contributed by atoms with van der Waals surface area (Å²) in [7, 11) is 1.33. The fourth-order valence-corrected chi connectivity index (χ4v) is 3.27. The Labute approximate surface area is 168 Å². The molecular weight excluding hydrogens is 376 g/mol. The van der Waals surface area contributed by atoms with Gasteiger partial charge in [0, 0.05) is 12.0 Å². The second-order valence-electron chi connectivity index (χ2n) is 7.36. The molecule has 0 bridgehead atoms. The van der Waals surface area contributed by atoms with Gasteiger partial charge in [-0.15, -0.1) is 0 Å². The van der Waals surface area contributed by atoms with Crippen molar-refractivity contribution in [2.75, 3.05) is 7.11 Å². The lowest BCUT2D eigenvalue weighted by Gasteiger charge is -2.26. The Morgan fingerprint density at radius 1 is 1.24 bits per heavy atom. The first-order chi connectivity index (χ1) is 13.7. The van der Waals surface area contributed by atoms with Crippen molar-refractivity contribution in [3.05, 3.63) is 70.1 Å². The van der Waals surface area contributed by atoms with Crippen molar-refractivity contribution in [2.24, 2.45) is 5.92 Å². The minimum absolute atomic E-state index is 0.0406. The highest BCUT2D eigenvalue weighted by molar-refractivity contribution is 6.17. The quantitative estimate of drug-likeness (QED) is 0.759. The largest absolute Gasteiger partial charge is 0.492 e. The van der Waals surface area contributed by atoms with Gasteiger partial charge >= 0.3 is 5.97 Å². The van der Waals surface area contributed by atoms with E-state index in [0.717, 1.165) is 0 Å². The maximum absolute atomic E-state index is 12.9. The smallest absolute Gasteiger partial charge is 0.336 e. The van der Waals surface area contributed by atoms with Crippen molar-refractivity contribution in [3.8, 4) is 0 Å². The predicted molar refractivity (Wildman–Crippen MR) is 103 cm³/mol. The molecule has 7 heteroatoms. The van der Waals surface area contributed by atoms with Gasteiger partial charge in [0.25, 0.3) is 0 Å². The predicted octanol–water partition coefficient (Wildman–Crippen LogP) is 3.12. The third kappa shape index (κ3) is 3.94. The summed E-state index contributed by atoms with van der Waals surface area (Å²) in [5, 5.41) is 9.50. The zero-order valence-corrected chi connectivity index (χ0v) is 16.6. The van der Waals surface area contributed by atoms with E-state index in [2.05, 4.69) is 0 Å². The first-order valence-corrected chi connectivity index (χ1v) is 9.17. The molecule has 0 aromatic carbocycles. The average molecular weight is 398 g/mol. The fourth-order valence-electron chi connectivity index (χ4n) is 3.27. The highest BCUT2D eigenvalue weighted by Gasteiger charge is 2.35. The minimum Gasteiger partial charge on any atom is -0.492 e. The lowest BCUT2D eigenvalue weighted by atomic mass is 9.91. The van der Waals surface area contributed by atoms with Gasteiger partial charge in [0.15, 0.2) is 11.5 Å². The summed E-state index contributed by atoms with van der Waals surface area (Å²) in [5.41, 5.74) is 1.29. The van der Waals surface area contributed by atoms with E-state index in [0.29, 0.717) is 11.1 Å². The standard InChI is InChI=1S/C22H22O7/c1-11(2)5-17(23)14-8-19-16(20(24)21(14)27-4)10-29-18-7-12(3)6-13(22(25)26)15(18)9-28-19/h6-11,18H,5H2,1-4H3,(H,25,26). The van der Waals surface area contributed by atoms with Crippen LogP contribution in [0.2, 0.25) is 0 Å². The number of rotatable bonds is 5. The van der Waals surface area contributed by atoms with Gasteiger partial charge in [-0.25, -0.2) is 4.79 Å². The third-order valence-corrected chi connectivity index (χ3v) is 4.61. The molecule has 1 aliphatic heterocycles. The lowest BCUT2D eigenvalue weighted by molar-refractivity contribution is -0.132. The summed E-state index contributed by atoms with van der Waals surface area (Å²) in [6, 6.07) is 0. The molecule has 152 valence electrons. The molecule has 0 fully saturated rings. The molecule has 2 aliphatic carbocycles.